The van der Waals surface area contributed by atoms with Crippen LogP contribution in [0.15, 0.2) is 40.8 Å². The molecule has 2 heterocycles. The monoisotopic (exact) mass is 373 g/mol. The number of fused-ring (bicyclic) bond motifs is 3. The van der Waals surface area contributed by atoms with Crippen molar-refractivity contribution in [1.82, 2.24) is 0 Å². The fourth-order valence-electron chi connectivity index (χ4n) is 3.76. The van der Waals surface area contributed by atoms with Gasteiger partial charge in [0.05, 0.1) is 12.1 Å². The van der Waals surface area contributed by atoms with Crippen LogP contribution >= 0.6 is 0 Å². The van der Waals surface area contributed by atoms with Crippen LogP contribution in [-0.4, -0.2) is 0 Å². The van der Waals surface area contributed by atoms with Crippen LogP contribution in [0.4, 0.5) is 5.69 Å². The third kappa shape index (κ3) is 2.68. The SMILES string of the molecule is [2H]C([2H])([2H])c1cc([N+]#[C-])cc2oc3c(-c4cc(C([2H])(C)C)cc(C)[n+]4C)c(C)ccc3c12. The molecule has 0 amide bonds. The zero-order chi connectivity index (χ0) is 23.6. The van der Waals surface area contributed by atoms with Crippen LogP contribution in [0.25, 0.3) is 38.0 Å². The molecule has 2 aromatic carbocycles. The largest absolute Gasteiger partial charge is 0.456 e. The van der Waals surface area contributed by atoms with Gasteiger partial charge in [-0.2, -0.15) is 4.57 Å². The minimum atomic E-state index is -2.38. The number of benzene rings is 2. The van der Waals surface area contributed by atoms with E-state index in [9.17, 15) is 0 Å². The van der Waals surface area contributed by atoms with Crippen molar-refractivity contribution < 1.29 is 14.5 Å². The molecule has 0 aliphatic heterocycles. The Labute approximate surface area is 171 Å². The Balaban J connectivity index is 2.17. The Kier molecular flexibility index (Phi) is 3.24. The van der Waals surface area contributed by atoms with Crippen molar-refractivity contribution in [3.05, 3.63) is 70.2 Å². The Morgan fingerprint density at radius 2 is 1.93 bits per heavy atom. The molecule has 0 atom stereocenters. The van der Waals surface area contributed by atoms with E-state index in [1.54, 1.807) is 6.07 Å². The first-order valence-corrected chi connectivity index (χ1v) is 9.22. The van der Waals surface area contributed by atoms with Gasteiger partial charge in [0.25, 0.3) is 0 Å². The minimum absolute atomic E-state index is 0.121. The summed E-state index contributed by atoms with van der Waals surface area (Å²) in [7, 11) is 1.97. The highest BCUT2D eigenvalue weighted by Crippen LogP contribution is 2.40. The van der Waals surface area contributed by atoms with E-state index in [0.717, 1.165) is 28.1 Å². The Bertz CT molecular complexity index is 1430. The van der Waals surface area contributed by atoms with Crippen molar-refractivity contribution in [2.75, 3.05) is 0 Å². The fourth-order valence-corrected chi connectivity index (χ4v) is 3.76. The van der Waals surface area contributed by atoms with Gasteiger partial charge in [0.15, 0.2) is 11.4 Å². The predicted molar refractivity (Wildman–Crippen MR) is 115 cm³/mol. The van der Waals surface area contributed by atoms with Crippen LogP contribution < -0.4 is 4.57 Å². The van der Waals surface area contributed by atoms with Crippen LogP contribution in [0.5, 0.6) is 0 Å². The molecule has 0 spiro atoms. The highest BCUT2D eigenvalue weighted by Gasteiger charge is 2.23. The summed E-state index contributed by atoms with van der Waals surface area (Å²) >= 11 is 0. The molecule has 3 heteroatoms. The number of pyridine rings is 1. The first kappa shape index (κ1) is 14.0. The normalized spacial score (nSPS) is 14.4. The predicted octanol–water partition coefficient (Wildman–Crippen LogP) is 6.68. The Morgan fingerprint density at radius 3 is 2.61 bits per heavy atom. The number of furan rings is 1. The van der Waals surface area contributed by atoms with Gasteiger partial charge in [-0.3, -0.25) is 0 Å². The molecule has 0 aliphatic rings. The summed E-state index contributed by atoms with van der Waals surface area (Å²) in [5, 5.41) is 1.22. The molecule has 4 aromatic rings. The smallest absolute Gasteiger partial charge is 0.216 e. The number of aryl methyl sites for hydroxylation is 3. The Hall–Kier alpha value is -3.12. The molecule has 28 heavy (non-hydrogen) atoms. The summed E-state index contributed by atoms with van der Waals surface area (Å²) < 4.78 is 40.9. The molecule has 3 nitrogen and oxygen atoms in total. The number of hydrogen-bond donors (Lipinski definition) is 0. The standard InChI is InChI=1S/C25H25N2O/c1-14(2)18-11-17(5)27(7)21(12-18)24-15(3)8-9-20-23-16(4)10-19(26-6)13-22(23)28-25(20)24/h8-14H,1-5,7H3/q+1/i4D3,14D. The third-order valence-corrected chi connectivity index (χ3v) is 5.44. The van der Waals surface area contributed by atoms with E-state index in [0.29, 0.717) is 21.9 Å². The highest BCUT2D eigenvalue weighted by molar-refractivity contribution is 6.11. The minimum Gasteiger partial charge on any atom is -0.456 e. The van der Waals surface area contributed by atoms with Crippen molar-refractivity contribution in [2.45, 2.75) is 40.4 Å². The third-order valence-electron chi connectivity index (χ3n) is 5.44. The Morgan fingerprint density at radius 1 is 1.14 bits per heavy atom. The van der Waals surface area contributed by atoms with Crippen LogP contribution in [0, 0.1) is 27.3 Å². The van der Waals surface area contributed by atoms with Crippen LogP contribution in [0.1, 0.15) is 47.6 Å². The van der Waals surface area contributed by atoms with Gasteiger partial charge in [0.1, 0.15) is 18.2 Å². The van der Waals surface area contributed by atoms with Crippen molar-refractivity contribution in [1.29, 1.82) is 0 Å². The second kappa shape index (κ2) is 6.49. The number of nitrogens with zero attached hydrogens (tertiary/aromatic N) is 2. The van der Waals surface area contributed by atoms with Gasteiger partial charge >= 0.3 is 0 Å². The molecule has 0 fully saturated rings. The second-order valence-electron chi connectivity index (χ2n) is 7.54. The molecule has 0 aliphatic carbocycles. The van der Waals surface area contributed by atoms with Crippen molar-refractivity contribution in [2.24, 2.45) is 7.05 Å². The lowest BCUT2D eigenvalue weighted by molar-refractivity contribution is -0.666. The quantitative estimate of drug-likeness (QED) is 0.284. The van der Waals surface area contributed by atoms with E-state index >= 15 is 0 Å². The maximum Gasteiger partial charge on any atom is 0.216 e. The lowest BCUT2D eigenvalue weighted by atomic mass is 9.96. The van der Waals surface area contributed by atoms with Crippen molar-refractivity contribution in [3.63, 3.8) is 0 Å². The van der Waals surface area contributed by atoms with E-state index < -0.39 is 12.7 Å². The van der Waals surface area contributed by atoms with Gasteiger partial charge in [-0.1, -0.05) is 32.0 Å². The average molecular weight is 374 g/mol. The molecular formula is C25H25N2O+. The van der Waals surface area contributed by atoms with Crippen molar-refractivity contribution in [3.8, 4) is 11.3 Å². The molecule has 140 valence electrons. The molecule has 0 saturated heterocycles. The lowest BCUT2D eigenvalue weighted by Gasteiger charge is -2.11. The van der Waals surface area contributed by atoms with Gasteiger partial charge < -0.3 is 4.42 Å². The summed E-state index contributed by atoms with van der Waals surface area (Å²) in [4.78, 5) is 3.44. The number of hydrogen-bond acceptors (Lipinski definition) is 1. The molecule has 0 saturated carbocycles. The summed E-state index contributed by atoms with van der Waals surface area (Å²) in [6, 6.07) is 10.9. The first-order valence-electron chi connectivity index (χ1n) is 11.2. The van der Waals surface area contributed by atoms with Gasteiger partial charge in [-0.25, -0.2) is 4.85 Å². The number of rotatable bonds is 2. The molecule has 4 rings (SSSR count). The first-order chi connectivity index (χ1) is 14.8. The zero-order valence-electron chi connectivity index (χ0n) is 20.8. The van der Waals surface area contributed by atoms with Crippen LogP contribution in [0.2, 0.25) is 0 Å². The van der Waals surface area contributed by atoms with E-state index in [1.165, 1.54) is 6.07 Å². The molecule has 0 N–H and O–H groups in total. The van der Waals surface area contributed by atoms with Gasteiger partial charge in [0, 0.05) is 35.3 Å². The van der Waals surface area contributed by atoms with Crippen LogP contribution in [-0.2, 0) is 7.05 Å². The summed E-state index contributed by atoms with van der Waals surface area (Å²) in [6.07, 6.45) is 0. The van der Waals surface area contributed by atoms with Gasteiger partial charge in [0.2, 0.25) is 5.69 Å². The van der Waals surface area contributed by atoms with E-state index in [-0.39, 0.29) is 11.3 Å². The molecule has 2 aromatic heterocycles. The fraction of sp³-hybridized carbons (Fsp3) is 0.280. The molecular weight excluding hydrogens is 344 g/mol. The van der Waals surface area contributed by atoms with Crippen molar-refractivity contribution >= 4 is 27.6 Å². The van der Waals surface area contributed by atoms with Gasteiger partial charge in [-0.15, -0.1) is 0 Å². The zero-order valence-corrected chi connectivity index (χ0v) is 16.8. The number of aromatic nitrogens is 1. The second-order valence-corrected chi connectivity index (χ2v) is 7.54. The molecule has 0 unspecified atom stereocenters. The highest BCUT2D eigenvalue weighted by atomic mass is 16.3. The van der Waals surface area contributed by atoms with E-state index in [1.807, 2.05) is 59.0 Å². The maximum atomic E-state index is 8.52. The lowest BCUT2D eigenvalue weighted by Crippen LogP contribution is -2.35. The van der Waals surface area contributed by atoms with Gasteiger partial charge in [-0.05, 0) is 42.4 Å². The summed E-state index contributed by atoms with van der Waals surface area (Å²) in [5.41, 5.74) is 5.95. The maximum absolute atomic E-state index is 8.52. The molecule has 0 bridgehead atoms. The van der Waals surface area contributed by atoms with Crippen LogP contribution in [0.3, 0.4) is 0 Å². The summed E-state index contributed by atoms with van der Waals surface area (Å²) in [6.45, 7) is 12.7. The topological polar surface area (TPSA) is 21.4 Å². The van der Waals surface area contributed by atoms with E-state index in [4.69, 9.17) is 16.5 Å². The van der Waals surface area contributed by atoms with E-state index in [2.05, 4.69) is 9.41 Å². The summed E-state index contributed by atoms with van der Waals surface area (Å²) in [5.74, 6) is -0.775. The molecule has 0 radical (unpaired) electrons. The average Bonchev–Trinajstić information content (AvgIpc) is 3.06.